The number of aliphatic hydroxyl groups excluding tert-OH is 4. The Morgan fingerprint density at radius 2 is 1.41 bits per heavy atom. The Kier molecular flexibility index (Phi) is 10.1. The number of anilines is 3. The van der Waals surface area contributed by atoms with Crippen molar-refractivity contribution in [2.45, 2.75) is 25.7 Å². The molecule has 0 unspecified atom stereocenters. The van der Waals surface area contributed by atoms with Crippen LogP contribution < -0.4 is 15.5 Å². The lowest BCUT2D eigenvalue weighted by Gasteiger charge is -2.29. The molecule has 6 N–H and O–H groups in total. The van der Waals surface area contributed by atoms with Crippen LogP contribution in [0.3, 0.4) is 0 Å². The van der Waals surface area contributed by atoms with Crippen molar-refractivity contribution in [2.24, 2.45) is 0 Å². The lowest BCUT2D eigenvalue weighted by molar-refractivity contribution is 0.286. The molecule has 11 heteroatoms. The minimum absolute atomic E-state index is 0.158. The van der Waals surface area contributed by atoms with Crippen molar-refractivity contribution in [1.29, 1.82) is 5.26 Å². The van der Waals surface area contributed by atoms with Gasteiger partial charge in [0.15, 0.2) is 5.82 Å². The topological polar surface area (TPSA) is 171 Å². The van der Waals surface area contributed by atoms with Crippen LogP contribution in [0.2, 0.25) is 0 Å². The second kappa shape index (κ2) is 13.9. The fourth-order valence-corrected chi connectivity index (χ4v) is 5.23. The van der Waals surface area contributed by atoms with Crippen molar-refractivity contribution in [3.8, 4) is 17.5 Å². The second-order valence-corrected chi connectivity index (χ2v) is 9.21. The van der Waals surface area contributed by atoms with E-state index in [4.69, 9.17) is 0 Å². The lowest BCUT2D eigenvalue weighted by Crippen LogP contribution is -2.43. The number of benzene rings is 2. The maximum Gasteiger partial charge on any atom is 0.230 e. The van der Waals surface area contributed by atoms with Crippen molar-refractivity contribution in [1.82, 2.24) is 20.3 Å². The first-order valence-electron chi connectivity index (χ1n) is 13.2. The summed E-state index contributed by atoms with van der Waals surface area (Å²) in [7, 11) is 0. The molecule has 0 amide bonds. The summed E-state index contributed by atoms with van der Waals surface area (Å²) < 4.78 is 0. The van der Waals surface area contributed by atoms with Gasteiger partial charge in [0.2, 0.25) is 5.95 Å². The average Bonchev–Trinajstić information content (AvgIpc) is 2.97. The van der Waals surface area contributed by atoms with Crippen molar-refractivity contribution in [2.75, 3.05) is 62.8 Å². The zero-order valence-electron chi connectivity index (χ0n) is 21.9. The summed E-state index contributed by atoms with van der Waals surface area (Å²) in [5.41, 5.74) is 5.34. The van der Waals surface area contributed by atoms with Crippen molar-refractivity contribution in [3.05, 3.63) is 58.4 Å². The van der Waals surface area contributed by atoms with Crippen LogP contribution in [0.15, 0.2) is 30.6 Å². The van der Waals surface area contributed by atoms with Gasteiger partial charge in [0.05, 0.1) is 5.56 Å². The van der Waals surface area contributed by atoms with E-state index in [0.717, 1.165) is 43.1 Å². The van der Waals surface area contributed by atoms with Crippen molar-refractivity contribution < 1.29 is 20.4 Å². The van der Waals surface area contributed by atoms with Gasteiger partial charge in [-0.05, 0) is 72.2 Å². The highest BCUT2D eigenvalue weighted by Gasteiger charge is 2.25. The van der Waals surface area contributed by atoms with E-state index in [-0.39, 0.29) is 63.5 Å². The van der Waals surface area contributed by atoms with Gasteiger partial charge in [0.1, 0.15) is 12.4 Å². The van der Waals surface area contributed by atoms with Crippen LogP contribution in [0.25, 0.3) is 11.4 Å². The zero-order valence-corrected chi connectivity index (χ0v) is 21.9. The van der Waals surface area contributed by atoms with Crippen LogP contribution in [0.1, 0.15) is 27.8 Å². The van der Waals surface area contributed by atoms with Gasteiger partial charge in [-0.25, -0.2) is 9.97 Å². The number of hydrogen-bond acceptors (Lipinski definition) is 11. The van der Waals surface area contributed by atoms with Gasteiger partial charge in [-0.15, -0.1) is 0 Å². The molecule has 4 rings (SSSR count). The minimum atomic E-state index is -0.196. The maximum atomic E-state index is 10.2. The van der Waals surface area contributed by atoms with E-state index in [2.05, 4.69) is 36.6 Å². The molecule has 1 aromatic heterocycles. The van der Waals surface area contributed by atoms with Crippen molar-refractivity contribution >= 4 is 17.3 Å². The first-order chi connectivity index (χ1) is 19.1. The number of rotatable bonds is 12. The first-order valence-corrected chi connectivity index (χ1v) is 13.2. The third kappa shape index (κ3) is 6.50. The minimum Gasteiger partial charge on any atom is -0.396 e. The van der Waals surface area contributed by atoms with Gasteiger partial charge < -0.3 is 36.0 Å². The maximum absolute atomic E-state index is 10.2. The molecule has 0 atom stereocenters. The lowest BCUT2D eigenvalue weighted by atomic mass is 9.82. The second-order valence-electron chi connectivity index (χ2n) is 9.21. The highest BCUT2D eigenvalue weighted by atomic mass is 16.3. The first kappa shape index (κ1) is 28.4. The van der Waals surface area contributed by atoms with Gasteiger partial charge in [0.25, 0.3) is 0 Å². The molecule has 0 spiro atoms. The normalized spacial score (nSPS) is 13.4. The number of aromatic nitrogens is 3. The Hall–Kier alpha value is -3.66. The highest BCUT2D eigenvalue weighted by molar-refractivity contribution is 5.75. The quantitative estimate of drug-likeness (QED) is 0.194. The molecule has 0 saturated carbocycles. The summed E-state index contributed by atoms with van der Waals surface area (Å²) in [6, 6.07) is 10.3. The SMILES string of the molecule is N#Cc1c(CCO)c(CCO)c(CCO)c(CCO)c1-c1ncnc(Nc2ccc(N3CCNCC3)cc2)n1. The van der Waals surface area contributed by atoms with Gasteiger partial charge >= 0.3 is 0 Å². The van der Waals surface area contributed by atoms with E-state index >= 15 is 0 Å². The molecule has 206 valence electrons. The van der Waals surface area contributed by atoms with Crippen molar-refractivity contribution in [3.63, 3.8) is 0 Å². The fourth-order valence-electron chi connectivity index (χ4n) is 5.23. The van der Waals surface area contributed by atoms with Gasteiger partial charge in [0, 0.05) is 69.5 Å². The summed E-state index contributed by atoms with van der Waals surface area (Å²) in [5, 5.41) is 56.0. The fraction of sp³-hybridized carbons (Fsp3) is 0.429. The van der Waals surface area contributed by atoms with E-state index < -0.39 is 0 Å². The Balaban J connectivity index is 1.76. The molecule has 1 fully saturated rings. The molecule has 0 bridgehead atoms. The Morgan fingerprint density at radius 3 is 2.03 bits per heavy atom. The predicted octanol–water partition coefficient (Wildman–Crippen LogP) is 0.703. The smallest absolute Gasteiger partial charge is 0.230 e. The molecule has 39 heavy (non-hydrogen) atoms. The molecule has 3 aromatic rings. The van der Waals surface area contributed by atoms with Crippen LogP contribution in [0.4, 0.5) is 17.3 Å². The summed E-state index contributed by atoms with van der Waals surface area (Å²) in [6.07, 6.45) is 2.28. The number of piperazine rings is 1. The number of nitriles is 1. The molecule has 2 aromatic carbocycles. The van der Waals surface area contributed by atoms with E-state index in [0.29, 0.717) is 28.2 Å². The molecule has 0 radical (unpaired) electrons. The molecule has 2 heterocycles. The van der Waals surface area contributed by atoms with Gasteiger partial charge in [-0.2, -0.15) is 10.2 Å². The summed E-state index contributed by atoms with van der Waals surface area (Å²) in [5.74, 6) is 0.541. The van der Waals surface area contributed by atoms with Crippen LogP contribution in [-0.4, -0.2) is 88.0 Å². The third-order valence-corrected chi connectivity index (χ3v) is 6.91. The molecule has 1 saturated heterocycles. The van der Waals surface area contributed by atoms with Gasteiger partial charge in [-0.3, -0.25) is 0 Å². The van der Waals surface area contributed by atoms with Gasteiger partial charge in [-0.1, -0.05) is 0 Å². The Labute approximate surface area is 227 Å². The number of nitrogens with zero attached hydrogens (tertiary/aromatic N) is 5. The Morgan fingerprint density at radius 1 is 0.821 bits per heavy atom. The molecule has 11 nitrogen and oxygen atoms in total. The number of hydrogen-bond donors (Lipinski definition) is 6. The molecular formula is C28H35N7O4. The third-order valence-electron chi connectivity index (χ3n) is 6.91. The Bertz CT molecular complexity index is 1290. The van der Waals surface area contributed by atoms with E-state index in [1.165, 1.54) is 6.33 Å². The molecule has 0 aliphatic carbocycles. The van der Waals surface area contributed by atoms with E-state index in [9.17, 15) is 25.7 Å². The van der Waals surface area contributed by atoms with Crippen LogP contribution in [0.5, 0.6) is 0 Å². The molecule has 1 aliphatic rings. The van der Waals surface area contributed by atoms with Crippen LogP contribution >= 0.6 is 0 Å². The summed E-state index contributed by atoms with van der Waals surface area (Å²) >= 11 is 0. The number of aliphatic hydroxyl groups is 4. The number of nitrogens with one attached hydrogen (secondary N) is 2. The molecule has 1 aliphatic heterocycles. The summed E-state index contributed by atoms with van der Waals surface area (Å²) in [4.78, 5) is 15.6. The highest BCUT2D eigenvalue weighted by Crippen LogP contribution is 2.36. The standard InChI is InChI=1S/C28H35N7O4/c29-17-25-23(7-15-38)21(5-13-36)22(6-14-37)24(8-16-39)26(25)27-31-18-32-28(34-27)33-19-1-3-20(4-2-19)35-11-9-30-10-12-35/h1-4,18,30,36-39H,5-16H2,(H,31,32,33,34). The van der Waals surface area contributed by atoms with Crippen LogP contribution in [0, 0.1) is 11.3 Å². The predicted molar refractivity (Wildman–Crippen MR) is 148 cm³/mol. The van der Waals surface area contributed by atoms with E-state index in [1.807, 2.05) is 24.3 Å². The monoisotopic (exact) mass is 533 g/mol. The van der Waals surface area contributed by atoms with E-state index in [1.54, 1.807) is 0 Å². The average molecular weight is 534 g/mol. The largest absolute Gasteiger partial charge is 0.396 e. The van der Waals surface area contributed by atoms with Crippen LogP contribution in [-0.2, 0) is 25.7 Å². The zero-order chi connectivity index (χ0) is 27.6. The molecular weight excluding hydrogens is 498 g/mol. The summed E-state index contributed by atoms with van der Waals surface area (Å²) in [6.45, 7) is 3.11.